The Balaban J connectivity index is 0.00000169. The van der Waals surface area contributed by atoms with Crippen LogP contribution in [0.15, 0.2) is 24.3 Å². The predicted molar refractivity (Wildman–Crippen MR) is 54.6 cm³/mol. The first-order valence-corrected chi connectivity index (χ1v) is 5.81. The normalized spacial score (nSPS) is 12.5. The zero-order valence-electron chi connectivity index (χ0n) is 8.30. The van der Waals surface area contributed by atoms with Crippen molar-refractivity contribution in [1.82, 2.24) is 0 Å². The minimum atomic E-state index is -0.371. The SMILES string of the molecule is CC(C[TeH])c1ccc([N+](=O)[O-])cc1.[H+]. The number of nitrogens with zero attached hydrogens (tertiary/aromatic N) is 1. The van der Waals surface area contributed by atoms with Crippen LogP contribution in [0.1, 0.15) is 19.8 Å². The van der Waals surface area contributed by atoms with E-state index in [0.29, 0.717) is 5.92 Å². The Labute approximate surface area is 91.7 Å². The van der Waals surface area contributed by atoms with Crippen molar-refractivity contribution >= 4 is 28.0 Å². The number of benzene rings is 1. The summed E-state index contributed by atoms with van der Waals surface area (Å²) in [6, 6.07) is 6.79. The largest absolute Gasteiger partial charge is 1.00 e. The third-order valence-corrected chi connectivity index (χ3v) is 3.51. The van der Waals surface area contributed by atoms with Crippen LogP contribution in [-0.4, -0.2) is 27.2 Å². The number of nitro benzene ring substituents is 1. The summed E-state index contributed by atoms with van der Waals surface area (Å²) in [6.07, 6.45) is 0. The van der Waals surface area contributed by atoms with Gasteiger partial charge in [0.15, 0.2) is 0 Å². The maximum Gasteiger partial charge on any atom is 1.00 e. The van der Waals surface area contributed by atoms with Gasteiger partial charge in [-0.15, -0.1) is 0 Å². The van der Waals surface area contributed by atoms with Gasteiger partial charge in [-0.05, 0) is 0 Å². The van der Waals surface area contributed by atoms with E-state index in [1.54, 1.807) is 34.4 Å². The summed E-state index contributed by atoms with van der Waals surface area (Å²) in [5, 5.41) is 10.4. The third-order valence-electron chi connectivity index (χ3n) is 1.95. The van der Waals surface area contributed by atoms with Gasteiger partial charge in [-0.2, -0.15) is 0 Å². The molecular weight excluding hydrogens is 282 g/mol. The average molecular weight is 294 g/mol. The Morgan fingerprint density at radius 3 is 2.46 bits per heavy atom. The van der Waals surface area contributed by atoms with Crippen LogP contribution in [-0.2, 0) is 0 Å². The van der Waals surface area contributed by atoms with E-state index in [4.69, 9.17) is 0 Å². The van der Waals surface area contributed by atoms with Crippen LogP contribution in [0.5, 0.6) is 0 Å². The Morgan fingerprint density at radius 2 is 2.08 bits per heavy atom. The zero-order chi connectivity index (χ0) is 9.84. The Bertz CT molecular complexity index is 302. The summed E-state index contributed by atoms with van der Waals surface area (Å²) in [5.41, 5.74) is 1.34. The van der Waals surface area contributed by atoms with E-state index in [9.17, 15) is 10.1 Å². The second kappa shape index (κ2) is 4.59. The van der Waals surface area contributed by atoms with Crippen LogP contribution in [0.4, 0.5) is 5.69 Å². The molecule has 3 nitrogen and oxygen atoms in total. The number of non-ortho nitro benzene ring substituents is 1. The fraction of sp³-hybridized carbons (Fsp3) is 0.333. The third kappa shape index (κ3) is 2.68. The molecule has 1 rings (SSSR count). The molecule has 0 N–H and O–H groups in total. The molecule has 0 amide bonds. The zero-order valence-corrected chi connectivity index (χ0v) is 9.86. The molecule has 1 aromatic rings. The minimum absolute atomic E-state index is 0. The summed E-state index contributed by atoms with van der Waals surface area (Å²) in [6.45, 7) is 2.12. The van der Waals surface area contributed by atoms with E-state index in [-0.39, 0.29) is 12.0 Å². The maximum absolute atomic E-state index is 10.4. The number of hydrogen-bond donors (Lipinski definition) is 0. The van der Waals surface area contributed by atoms with Crippen molar-refractivity contribution in [2.24, 2.45) is 0 Å². The molecule has 1 atom stereocenters. The fourth-order valence-electron chi connectivity index (χ4n) is 1.03. The van der Waals surface area contributed by atoms with Crippen molar-refractivity contribution in [3.63, 3.8) is 0 Å². The molecular formula is C9H12NO2Te+. The second-order valence-electron chi connectivity index (χ2n) is 2.93. The van der Waals surface area contributed by atoms with Gasteiger partial charge in [0.2, 0.25) is 0 Å². The molecule has 0 aliphatic heterocycles. The molecule has 0 saturated heterocycles. The molecule has 4 heteroatoms. The molecule has 0 fully saturated rings. The van der Waals surface area contributed by atoms with Crippen molar-refractivity contribution in [3.05, 3.63) is 39.9 Å². The average Bonchev–Trinajstić information content (AvgIpc) is 2.17. The smallest absolute Gasteiger partial charge is 1.00 e. The first-order valence-electron chi connectivity index (χ1n) is 4.00. The number of rotatable bonds is 3. The summed E-state index contributed by atoms with van der Waals surface area (Å²) < 4.78 is 1.10. The molecule has 1 aromatic carbocycles. The van der Waals surface area contributed by atoms with Crippen molar-refractivity contribution in [1.29, 1.82) is 0 Å². The van der Waals surface area contributed by atoms with Gasteiger partial charge in [-0.3, -0.25) is 0 Å². The monoisotopic (exact) mass is 296 g/mol. The van der Waals surface area contributed by atoms with Gasteiger partial charge < -0.3 is 0 Å². The number of nitro groups is 1. The number of hydrogen-bond acceptors (Lipinski definition) is 2. The van der Waals surface area contributed by atoms with Crippen LogP contribution in [0.2, 0.25) is 4.47 Å². The van der Waals surface area contributed by atoms with E-state index >= 15 is 0 Å². The summed E-state index contributed by atoms with van der Waals surface area (Å²) in [7, 11) is 0. The molecule has 0 aliphatic carbocycles. The summed E-state index contributed by atoms with van der Waals surface area (Å²) in [5.74, 6) is 0.495. The molecule has 0 spiro atoms. The first-order chi connectivity index (χ1) is 6.15. The van der Waals surface area contributed by atoms with E-state index in [1.807, 2.05) is 12.1 Å². The van der Waals surface area contributed by atoms with Gasteiger partial charge in [0.05, 0.1) is 0 Å². The van der Waals surface area contributed by atoms with Crippen molar-refractivity contribution in [2.45, 2.75) is 17.3 Å². The van der Waals surface area contributed by atoms with E-state index in [0.717, 1.165) is 4.47 Å². The van der Waals surface area contributed by atoms with E-state index in [1.165, 1.54) is 5.56 Å². The van der Waals surface area contributed by atoms with Crippen LogP contribution >= 0.6 is 0 Å². The van der Waals surface area contributed by atoms with Crippen molar-refractivity contribution in [3.8, 4) is 0 Å². The molecule has 0 radical (unpaired) electrons. The summed E-state index contributed by atoms with van der Waals surface area (Å²) >= 11 is 1.77. The van der Waals surface area contributed by atoms with Crippen molar-refractivity contribution in [2.75, 3.05) is 0 Å². The van der Waals surface area contributed by atoms with Crippen LogP contribution in [0.3, 0.4) is 0 Å². The van der Waals surface area contributed by atoms with Gasteiger partial charge in [-0.1, -0.05) is 0 Å². The standard InChI is InChI=1S/C9H11NO2Te/c1-7(6-13)8-2-4-9(5-3-8)10(11)12/h2-5,7,13H,6H2,1H3/p+1. The predicted octanol–water partition coefficient (Wildman–Crippen LogP) is 2.13. The van der Waals surface area contributed by atoms with Crippen LogP contribution in [0.25, 0.3) is 0 Å². The fourth-order valence-corrected chi connectivity index (χ4v) is 1.63. The molecule has 13 heavy (non-hydrogen) atoms. The quantitative estimate of drug-likeness (QED) is 0.487. The first kappa shape index (κ1) is 10.5. The minimum Gasteiger partial charge on any atom is 1.00 e. The van der Waals surface area contributed by atoms with Crippen LogP contribution < -0.4 is 0 Å². The molecule has 0 heterocycles. The van der Waals surface area contributed by atoms with E-state index in [2.05, 4.69) is 6.92 Å². The van der Waals surface area contributed by atoms with Crippen molar-refractivity contribution < 1.29 is 6.35 Å². The summed E-state index contributed by atoms with van der Waals surface area (Å²) in [4.78, 5) is 9.99. The Morgan fingerprint density at radius 1 is 1.54 bits per heavy atom. The second-order valence-corrected chi connectivity index (χ2v) is 3.97. The molecule has 0 saturated carbocycles. The molecule has 1 unspecified atom stereocenters. The van der Waals surface area contributed by atoms with Crippen LogP contribution in [0, 0.1) is 10.1 Å². The Kier molecular flexibility index (Phi) is 3.70. The van der Waals surface area contributed by atoms with E-state index < -0.39 is 0 Å². The maximum atomic E-state index is 10.4. The van der Waals surface area contributed by atoms with Gasteiger partial charge in [-0.25, -0.2) is 0 Å². The van der Waals surface area contributed by atoms with Gasteiger partial charge in [0.1, 0.15) is 0 Å². The van der Waals surface area contributed by atoms with Gasteiger partial charge in [0, 0.05) is 0 Å². The molecule has 0 bridgehead atoms. The molecule has 0 aromatic heterocycles. The van der Waals surface area contributed by atoms with Gasteiger partial charge >= 0.3 is 91.6 Å². The Hall–Kier alpha value is -0.590. The molecule has 70 valence electrons. The van der Waals surface area contributed by atoms with Gasteiger partial charge in [0.25, 0.3) is 0 Å². The topological polar surface area (TPSA) is 43.1 Å². The molecule has 0 aliphatic rings.